The molecule has 0 aliphatic heterocycles. The van der Waals surface area contributed by atoms with Gasteiger partial charge < -0.3 is 5.32 Å². The normalized spacial score (nSPS) is 12.6. The van der Waals surface area contributed by atoms with Gasteiger partial charge in [0.2, 0.25) is 0 Å². The first-order valence-electron chi connectivity index (χ1n) is 5.56. The van der Waals surface area contributed by atoms with Crippen LogP contribution in [0.15, 0.2) is 23.7 Å². The molecule has 16 heavy (non-hydrogen) atoms. The summed E-state index contributed by atoms with van der Waals surface area (Å²) in [6, 6.07) is 4.74. The number of nitrogens with one attached hydrogen (secondary N) is 1. The van der Waals surface area contributed by atoms with Crippen LogP contribution in [0.2, 0.25) is 0 Å². The summed E-state index contributed by atoms with van der Waals surface area (Å²) in [6.07, 6.45) is 0. The number of aryl methyl sites for hydroxylation is 3. The van der Waals surface area contributed by atoms with Crippen molar-refractivity contribution in [3.8, 4) is 0 Å². The predicted molar refractivity (Wildman–Crippen MR) is 72.1 cm³/mol. The molecular weight excluding hydrogens is 218 g/mol. The van der Waals surface area contributed by atoms with Crippen molar-refractivity contribution in [1.29, 1.82) is 0 Å². The average Bonchev–Trinajstić information content (AvgIpc) is 2.12. The van der Waals surface area contributed by atoms with Crippen LogP contribution in [0.25, 0.3) is 0 Å². The second-order valence-electron chi connectivity index (χ2n) is 4.43. The number of benzene rings is 1. The summed E-state index contributed by atoms with van der Waals surface area (Å²) in [5.41, 5.74) is 5.34. The molecule has 0 spiro atoms. The van der Waals surface area contributed by atoms with Crippen molar-refractivity contribution in [3.63, 3.8) is 0 Å². The maximum Gasteiger partial charge on any atom is 0.0313 e. The molecule has 0 saturated carbocycles. The molecule has 2 heteroatoms. The zero-order valence-electron chi connectivity index (χ0n) is 10.5. The highest BCUT2D eigenvalue weighted by atomic mass is 35.5. The highest BCUT2D eigenvalue weighted by Crippen LogP contribution is 2.23. The second kappa shape index (κ2) is 5.51. The van der Waals surface area contributed by atoms with E-state index in [0.717, 1.165) is 0 Å². The summed E-state index contributed by atoms with van der Waals surface area (Å²) >= 11 is 5.76. The minimum absolute atomic E-state index is 0.302. The van der Waals surface area contributed by atoms with Crippen molar-refractivity contribution in [3.05, 3.63) is 46.0 Å². The Hall–Kier alpha value is -0.790. The fraction of sp³-hybridized carbons (Fsp3) is 0.429. The molecule has 1 aromatic carbocycles. The highest BCUT2D eigenvalue weighted by Gasteiger charge is 2.11. The Bertz CT molecular complexity index is 373. The standard InChI is InChI=1S/C14H20ClN/c1-9-6-10(2)14(11(3)7-9)13(5)16-8-12(4)15/h6-7,13,16H,4,8H2,1-3,5H3. The monoisotopic (exact) mass is 237 g/mol. The molecule has 1 rings (SSSR count). The molecule has 0 heterocycles. The minimum atomic E-state index is 0.302. The van der Waals surface area contributed by atoms with Crippen LogP contribution in [0.5, 0.6) is 0 Å². The summed E-state index contributed by atoms with van der Waals surface area (Å²) in [7, 11) is 0. The van der Waals surface area contributed by atoms with Gasteiger partial charge >= 0.3 is 0 Å². The maximum absolute atomic E-state index is 5.76. The van der Waals surface area contributed by atoms with E-state index in [1.807, 2.05) is 0 Å². The molecule has 1 nitrogen and oxygen atoms in total. The molecule has 0 aliphatic carbocycles. The third-order valence-electron chi connectivity index (χ3n) is 2.77. The third kappa shape index (κ3) is 3.36. The van der Waals surface area contributed by atoms with Crippen molar-refractivity contribution in [1.82, 2.24) is 5.32 Å². The molecule has 0 fully saturated rings. The van der Waals surface area contributed by atoms with Crippen LogP contribution < -0.4 is 5.32 Å². The van der Waals surface area contributed by atoms with E-state index >= 15 is 0 Å². The van der Waals surface area contributed by atoms with Gasteiger partial charge in [0.25, 0.3) is 0 Å². The molecule has 1 N–H and O–H groups in total. The first-order chi connectivity index (χ1) is 7.41. The van der Waals surface area contributed by atoms with E-state index in [1.54, 1.807) is 0 Å². The van der Waals surface area contributed by atoms with E-state index in [9.17, 15) is 0 Å². The molecule has 1 unspecified atom stereocenters. The smallest absolute Gasteiger partial charge is 0.0313 e. The predicted octanol–water partition coefficient (Wildman–Crippen LogP) is 4.01. The van der Waals surface area contributed by atoms with Crippen molar-refractivity contribution in [2.24, 2.45) is 0 Å². The van der Waals surface area contributed by atoms with Gasteiger partial charge in [-0.3, -0.25) is 0 Å². The van der Waals surface area contributed by atoms with Crippen LogP contribution in [0.3, 0.4) is 0 Å². The van der Waals surface area contributed by atoms with Crippen molar-refractivity contribution >= 4 is 11.6 Å². The first-order valence-corrected chi connectivity index (χ1v) is 5.94. The zero-order chi connectivity index (χ0) is 12.3. The van der Waals surface area contributed by atoms with Gasteiger partial charge in [0.1, 0.15) is 0 Å². The van der Waals surface area contributed by atoms with E-state index in [0.29, 0.717) is 17.6 Å². The summed E-state index contributed by atoms with van der Waals surface area (Å²) < 4.78 is 0. The van der Waals surface area contributed by atoms with Crippen LogP contribution in [-0.2, 0) is 0 Å². The molecule has 0 aromatic heterocycles. The van der Waals surface area contributed by atoms with Crippen LogP contribution in [-0.4, -0.2) is 6.54 Å². The van der Waals surface area contributed by atoms with E-state index in [-0.39, 0.29) is 0 Å². The quantitative estimate of drug-likeness (QED) is 0.834. The third-order valence-corrected chi connectivity index (χ3v) is 2.90. The molecule has 0 aliphatic rings. The van der Waals surface area contributed by atoms with Gasteiger partial charge in [-0.15, -0.1) is 0 Å². The Morgan fingerprint density at radius 1 is 1.31 bits per heavy atom. The van der Waals surface area contributed by atoms with E-state index < -0.39 is 0 Å². The fourth-order valence-corrected chi connectivity index (χ4v) is 2.32. The van der Waals surface area contributed by atoms with Crippen molar-refractivity contribution in [2.75, 3.05) is 6.54 Å². The first kappa shape index (κ1) is 13.3. The Kier molecular flexibility index (Phi) is 4.57. The van der Waals surface area contributed by atoms with E-state index in [2.05, 4.69) is 51.7 Å². The Morgan fingerprint density at radius 3 is 2.25 bits per heavy atom. The minimum Gasteiger partial charge on any atom is -0.305 e. The van der Waals surface area contributed by atoms with Gasteiger partial charge in [-0.1, -0.05) is 35.9 Å². The highest BCUT2D eigenvalue weighted by molar-refractivity contribution is 6.29. The molecule has 1 aromatic rings. The molecule has 0 bridgehead atoms. The van der Waals surface area contributed by atoms with Gasteiger partial charge in [-0.2, -0.15) is 0 Å². The zero-order valence-corrected chi connectivity index (χ0v) is 11.3. The maximum atomic E-state index is 5.76. The van der Waals surface area contributed by atoms with Crippen molar-refractivity contribution < 1.29 is 0 Å². The topological polar surface area (TPSA) is 12.0 Å². The molecule has 0 amide bonds. The molecule has 0 radical (unpaired) electrons. The Balaban J connectivity index is 2.90. The number of halogens is 1. The number of hydrogen-bond acceptors (Lipinski definition) is 1. The van der Waals surface area contributed by atoms with E-state index in [1.165, 1.54) is 22.3 Å². The summed E-state index contributed by atoms with van der Waals surface area (Å²) in [5.74, 6) is 0. The van der Waals surface area contributed by atoms with E-state index in [4.69, 9.17) is 11.6 Å². The van der Waals surface area contributed by atoms with Crippen LogP contribution in [0.1, 0.15) is 35.2 Å². The van der Waals surface area contributed by atoms with Gasteiger partial charge in [-0.05, 0) is 44.4 Å². The van der Waals surface area contributed by atoms with Crippen LogP contribution in [0, 0.1) is 20.8 Å². The van der Waals surface area contributed by atoms with Gasteiger partial charge in [0, 0.05) is 17.6 Å². The molecule has 0 saturated heterocycles. The van der Waals surface area contributed by atoms with Crippen LogP contribution >= 0.6 is 11.6 Å². The number of rotatable bonds is 4. The summed E-state index contributed by atoms with van der Waals surface area (Å²) in [5, 5.41) is 4.02. The second-order valence-corrected chi connectivity index (χ2v) is 4.97. The van der Waals surface area contributed by atoms with Gasteiger partial charge in [0.05, 0.1) is 0 Å². The lowest BCUT2D eigenvalue weighted by Crippen LogP contribution is -2.21. The average molecular weight is 238 g/mol. The van der Waals surface area contributed by atoms with Gasteiger partial charge in [-0.25, -0.2) is 0 Å². The Labute approximate surface area is 104 Å². The lowest BCUT2D eigenvalue weighted by molar-refractivity contribution is 0.608. The lowest BCUT2D eigenvalue weighted by atomic mass is 9.95. The van der Waals surface area contributed by atoms with Crippen LogP contribution in [0.4, 0.5) is 0 Å². The van der Waals surface area contributed by atoms with Gasteiger partial charge in [0.15, 0.2) is 0 Å². The SMILES string of the molecule is C=C(Cl)CNC(C)c1c(C)cc(C)cc1C. The summed E-state index contributed by atoms with van der Waals surface area (Å²) in [6.45, 7) is 12.9. The van der Waals surface area contributed by atoms with Crippen molar-refractivity contribution in [2.45, 2.75) is 33.7 Å². The number of hydrogen-bond donors (Lipinski definition) is 1. The summed E-state index contributed by atoms with van der Waals surface area (Å²) in [4.78, 5) is 0. The molecular formula is C14H20ClN. The Morgan fingerprint density at radius 2 is 1.81 bits per heavy atom. The lowest BCUT2D eigenvalue weighted by Gasteiger charge is -2.19. The fourth-order valence-electron chi connectivity index (χ4n) is 2.24. The molecule has 1 atom stereocenters. The largest absolute Gasteiger partial charge is 0.305 e. The molecule has 88 valence electrons.